The van der Waals surface area contributed by atoms with Gasteiger partial charge in [-0.1, -0.05) is 24.3 Å². The topological polar surface area (TPSA) is 64.1 Å². The summed E-state index contributed by atoms with van der Waals surface area (Å²) in [6.07, 6.45) is 1.66. The van der Waals surface area contributed by atoms with Crippen LogP contribution in [-0.2, 0) is 6.54 Å². The predicted octanol–water partition coefficient (Wildman–Crippen LogP) is 4.04. The number of thiazole rings is 1. The number of halogens is 2. The minimum Gasteiger partial charge on any atom is -0.434 e. The van der Waals surface area contributed by atoms with Gasteiger partial charge in [-0.15, -0.1) is 11.3 Å². The molecule has 0 aliphatic carbocycles. The number of para-hydroxylation sites is 1. The molecular weight excluding hydrogens is 360 g/mol. The molecule has 0 saturated heterocycles. The summed E-state index contributed by atoms with van der Waals surface area (Å²) >= 11 is 1.23. The number of nitrogens with zero attached hydrogens (tertiary/aromatic N) is 2. The van der Waals surface area contributed by atoms with E-state index in [0.717, 1.165) is 0 Å². The number of nitrogens with one attached hydrogen (secondary N) is 1. The van der Waals surface area contributed by atoms with E-state index < -0.39 is 6.61 Å². The number of carbonyl (C=O) groups excluding carboxylic acids is 1. The van der Waals surface area contributed by atoms with Gasteiger partial charge >= 0.3 is 6.61 Å². The molecule has 5 nitrogen and oxygen atoms in total. The van der Waals surface area contributed by atoms with Crippen molar-refractivity contribution >= 4 is 17.2 Å². The molecule has 0 radical (unpaired) electrons. The summed E-state index contributed by atoms with van der Waals surface area (Å²) in [4.78, 5) is 21.5. The van der Waals surface area contributed by atoms with Gasteiger partial charge in [0.2, 0.25) is 0 Å². The highest BCUT2D eigenvalue weighted by molar-refractivity contribution is 7.17. The smallest absolute Gasteiger partial charge is 0.387 e. The van der Waals surface area contributed by atoms with Gasteiger partial charge in [0.1, 0.15) is 15.6 Å². The maximum absolute atomic E-state index is 12.5. The number of alkyl halides is 2. The zero-order chi connectivity index (χ0) is 18.5. The Kier molecular flexibility index (Phi) is 5.52. The molecule has 3 aromatic rings. The molecule has 2 heterocycles. The van der Waals surface area contributed by atoms with Crippen molar-refractivity contribution in [3.8, 4) is 16.5 Å². The van der Waals surface area contributed by atoms with Crippen LogP contribution in [0.4, 0.5) is 8.78 Å². The summed E-state index contributed by atoms with van der Waals surface area (Å²) < 4.78 is 29.4. The van der Waals surface area contributed by atoms with E-state index in [1.165, 1.54) is 17.4 Å². The Morgan fingerprint density at radius 3 is 2.73 bits per heavy atom. The van der Waals surface area contributed by atoms with E-state index in [1.807, 2.05) is 12.1 Å². The van der Waals surface area contributed by atoms with Crippen molar-refractivity contribution in [3.63, 3.8) is 0 Å². The number of hydrogen-bond donors (Lipinski definition) is 1. The lowest BCUT2D eigenvalue weighted by Gasteiger charge is -2.11. The SMILES string of the molecule is Cc1nc(-c2ccccn2)sc1C(=O)NCc1ccccc1OC(F)F. The molecule has 3 rings (SSSR count). The number of ether oxygens (including phenoxy) is 1. The number of benzene rings is 1. The number of carbonyl (C=O) groups is 1. The van der Waals surface area contributed by atoms with E-state index in [9.17, 15) is 13.6 Å². The van der Waals surface area contributed by atoms with Gasteiger partial charge in [0, 0.05) is 18.3 Å². The summed E-state index contributed by atoms with van der Waals surface area (Å²) in [6.45, 7) is -1.11. The average Bonchev–Trinajstić information content (AvgIpc) is 3.03. The fraction of sp³-hybridized carbons (Fsp3) is 0.167. The van der Waals surface area contributed by atoms with Gasteiger partial charge < -0.3 is 10.1 Å². The van der Waals surface area contributed by atoms with Crippen LogP contribution >= 0.6 is 11.3 Å². The summed E-state index contributed by atoms with van der Waals surface area (Å²) in [5.74, 6) is -0.285. The third-order valence-electron chi connectivity index (χ3n) is 3.51. The fourth-order valence-electron chi connectivity index (χ4n) is 2.32. The summed E-state index contributed by atoms with van der Waals surface area (Å²) in [5, 5.41) is 3.37. The zero-order valence-electron chi connectivity index (χ0n) is 13.8. The molecule has 26 heavy (non-hydrogen) atoms. The molecular formula is C18H15F2N3O2S. The van der Waals surface area contributed by atoms with Gasteiger partial charge in [0.05, 0.1) is 11.4 Å². The third-order valence-corrected chi connectivity index (χ3v) is 4.69. The van der Waals surface area contributed by atoms with Gasteiger partial charge in [-0.25, -0.2) is 4.98 Å². The van der Waals surface area contributed by atoms with Crippen LogP contribution in [0.2, 0.25) is 0 Å². The molecule has 0 bridgehead atoms. The second-order valence-corrected chi connectivity index (χ2v) is 6.32. The number of rotatable bonds is 6. The number of aryl methyl sites for hydroxylation is 1. The van der Waals surface area contributed by atoms with E-state index in [4.69, 9.17) is 0 Å². The molecule has 1 N–H and O–H groups in total. The van der Waals surface area contributed by atoms with Crippen molar-refractivity contribution in [1.29, 1.82) is 0 Å². The van der Waals surface area contributed by atoms with Crippen LogP contribution < -0.4 is 10.1 Å². The van der Waals surface area contributed by atoms with Gasteiger partial charge in [-0.05, 0) is 25.1 Å². The average molecular weight is 375 g/mol. The van der Waals surface area contributed by atoms with Crippen LogP contribution in [0.1, 0.15) is 20.9 Å². The first-order chi connectivity index (χ1) is 12.5. The van der Waals surface area contributed by atoms with Crippen LogP contribution in [0, 0.1) is 6.92 Å². The molecule has 0 aliphatic heterocycles. The Morgan fingerprint density at radius 2 is 2.00 bits per heavy atom. The predicted molar refractivity (Wildman–Crippen MR) is 94.3 cm³/mol. The van der Waals surface area contributed by atoms with Crippen molar-refractivity contribution in [2.75, 3.05) is 0 Å². The quantitative estimate of drug-likeness (QED) is 0.706. The molecule has 1 amide bonds. The fourth-order valence-corrected chi connectivity index (χ4v) is 3.28. The third kappa shape index (κ3) is 4.20. The maximum atomic E-state index is 12.5. The highest BCUT2D eigenvalue weighted by Gasteiger charge is 2.17. The Hall–Kier alpha value is -2.87. The van der Waals surface area contributed by atoms with Gasteiger partial charge in [0.25, 0.3) is 5.91 Å². The van der Waals surface area contributed by atoms with E-state index in [0.29, 0.717) is 26.8 Å². The second-order valence-electron chi connectivity index (χ2n) is 5.32. The van der Waals surface area contributed by atoms with Crippen LogP contribution in [0.3, 0.4) is 0 Å². The molecule has 0 aliphatic rings. The van der Waals surface area contributed by atoms with Crippen molar-refractivity contribution in [2.45, 2.75) is 20.1 Å². The highest BCUT2D eigenvalue weighted by atomic mass is 32.1. The molecule has 0 saturated carbocycles. The van der Waals surface area contributed by atoms with Crippen molar-refractivity contribution < 1.29 is 18.3 Å². The first-order valence-electron chi connectivity index (χ1n) is 7.74. The zero-order valence-corrected chi connectivity index (χ0v) is 14.6. The molecule has 0 spiro atoms. The molecule has 8 heteroatoms. The largest absolute Gasteiger partial charge is 0.434 e. The van der Waals surface area contributed by atoms with Crippen molar-refractivity contribution in [3.05, 3.63) is 64.8 Å². The van der Waals surface area contributed by atoms with Crippen LogP contribution in [0.25, 0.3) is 10.7 Å². The minimum absolute atomic E-state index is 0.0398. The highest BCUT2D eigenvalue weighted by Crippen LogP contribution is 2.26. The Morgan fingerprint density at radius 1 is 1.23 bits per heavy atom. The lowest BCUT2D eigenvalue weighted by molar-refractivity contribution is -0.0504. The van der Waals surface area contributed by atoms with Crippen LogP contribution in [0.15, 0.2) is 48.7 Å². The number of pyridine rings is 1. The summed E-state index contributed by atoms with van der Waals surface area (Å²) in [5.41, 5.74) is 1.74. The van der Waals surface area contributed by atoms with Gasteiger partial charge in [0.15, 0.2) is 0 Å². The normalized spacial score (nSPS) is 10.8. The van der Waals surface area contributed by atoms with E-state index in [1.54, 1.807) is 37.4 Å². The summed E-state index contributed by atoms with van der Waals surface area (Å²) in [6, 6.07) is 11.8. The molecule has 0 fully saturated rings. The van der Waals surface area contributed by atoms with Crippen LogP contribution in [-0.4, -0.2) is 22.5 Å². The standard InChI is InChI=1S/C18H15F2N3O2S/c1-11-15(26-17(23-11)13-7-4-5-9-21-13)16(24)22-10-12-6-2-3-8-14(12)25-18(19)20/h2-9,18H,10H2,1H3,(H,22,24). The van der Waals surface area contributed by atoms with Crippen molar-refractivity contribution in [1.82, 2.24) is 15.3 Å². The Labute approximate surface area is 152 Å². The van der Waals surface area contributed by atoms with Gasteiger partial charge in [-0.3, -0.25) is 9.78 Å². The van der Waals surface area contributed by atoms with Gasteiger partial charge in [-0.2, -0.15) is 8.78 Å². The lowest BCUT2D eigenvalue weighted by Crippen LogP contribution is -2.23. The maximum Gasteiger partial charge on any atom is 0.387 e. The summed E-state index contributed by atoms with van der Waals surface area (Å²) in [7, 11) is 0. The molecule has 0 unspecified atom stereocenters. The molecule has 2 aromatic heterocycles. The minimum atomic E-state index is -2.92. The first kappa shape index (κ1) is 17.9. The number of aromatic nitrogens is 2. The van der Waals surface area contributed by atoms with E-state index >= 15 is 0 Å². The molecule has 1 aromatic carbocycles. The second kappa shape index (κ2) is 8.01. The number of hydrogen-bond acceptors (Lipinski definition) is 5. The molecule has 0 atom stereocenters. The Balaban J connectivity index is 1.73. The van der Waals surface area contributed by atoms with Crippen molar-refractivity contribution in [2.24, 2.45) is 0 Å². The number of amides is 1. The lowest BCUT2D eigenvalue weighted by atomic mass is 10.2. The van der Waals surface area contributed by atoms with Crippen LogP contribution in [0.5, 0.6) is 5.75 Å². The first-order valence-corrected chi connectivity index (χ1v) is 8.56. The van der Waals surface area contributed by atoms with E-state index in [2.05, 4.69) is 20.0 Å². The van der Waals surface area contributed by atoms with E-state index in [-0.39, 0.29) is 18.2 Å². The monoisotopic (exact) mass is 375 g/mol. The molecule has 134 valence electrons. The Bertz CT molecular complexity index is 900.